The van der Waals surface area contributed by atoms with Gasteiger partial charge in [-0.05, 0) is 24.6 Å². The highest BCUT2D eigenvalue weighted by atomic mass is 19.1. The smallest absolute Gasteiger partial charge is 0.326 e. The summed E-state index contributed by atoms with van der Waals surface area (Å²) in [5.74, 6) is -3.52. The minimum absolute atomic E-state index is 0.0166. The van der Waals surface area contributed by atoms with Gasteiger partial charge in [-0.25, -0.2) is 9.18 Å². The van der Waals surface area contributed by atoms with Crippen LogP contribution in [0.15, 0.2) is 18.2 Å². The topological polar surface area (TPSA) is 136 Å². The maximum absolute atomic E-state index is 13.0. The van der Waals surface area contributed by atoms with Gasteiger partial charge in [-0.2, -0.15) is 0 Å². The molecule has 0 radical (unpaired) electrons. The second-order valence-electron chi connectivity index (χ2n) is 4.10. The molecular formula is C12H14FN3O4. The summed E-state index contributed by atoms with van der Waals surface area (Å²) in [6.45, 7) is 0. The Bertz CT molecular complexity index is 548. The number of benzene rings is 1. The minimum Gasteiger partial charge on any atom is -0.480 e. The van der Waals surface area contributed by atoms with Crippen molar-refractivity contribution >= 4 is 23.5 Å². The number of anilines is 1. The number of nitrogens with one attached hydrogen (secondary N) is 1. The maximum atomic E-state index is 13.0. The van der Waals surface area contributed by atoms with Gasteiger partial charge in [-0.1, -0.05) is 0 Å². The zero-order valence-electron chi connectivity index (χ0n) is 10.4. The molecule has 1 atom stereocenters. The van der Waals surface area contributed by atoms with E-state index < -0.39 is 29.6 Å². The van der Waals surface area contributed by atoms with Crippen LogP contribution >= 0.6 is 0 Å². The van der Waals surface area contributed by atoms with Gasteiger partial charge in [0.2, 0.25) is 5.91 Å². The van der Waals surface area contributed by atoms with Gasteiger partial charge in [0.25, 0.3) is 5.91 Å². The van der Waals surface area contributed by atoms with Gasteiger partial charge in [0.15, 0.2) is 0 Å². The van der Waals surface area contributed by atoms with Gasteiger partial charge in [0.1, 0.15) is 11.9 Å². The molecule has 1 unspecified atom stereocenters. The monoisotopic (exact) mass is 283 g/mol. The molecule has 108 valence electrons. The van der Waals surface area contributed by atoms with Crippen molar-refractivity contribution in [3.8, 4) is 0 Å². The van der Waals surface area contributed by atoms with Crippen molar-refractivity contribution in [3.63, 3.8) is 0 Å². The summed E-state index contributed by atoms with van der Waals surface area (Å²) in [4.78, 5) is 33.4. The lowest BCUT2D eigenvalue weighted by Gasteiger charge is -2.14. The van der Waals surface area contributed by atoms with Crippen molar-refractivity contribution in [1.29, 1.82) is 0 Å². The average molecular weight is 283 g/mol. The number of carboxylic acid groups (broad SMARTS) is 1. The number of halogens is 1. The number of carbonyl (C=O) groups excluding carboxylic acids is 2. The number of hydrogen-bond acceptors (Lipinski definition) is 4. The summed E-state index contributed by atoms with van der Waals surface area (Å²) >= 11 is 0. The molecule has 0 aromatic heterocycles. The second-order valence-corrected chi connectivity index (χ2v) is 4.10. The lowest BCUT2D eigenvalue weighted by atomic mass is 10.1. The first kappa shape index (κ1) is 15.4. The fourth-order valence-electron chi connectivity index (χ4n) is 1.51. The van der Waals surface area contributed by atoms with E-state index in [4.69, 9.17) is 16.6 Å². The van der Waals surface area contributed by atoms with Crippen LogP contribution in [0.1, 0.15) is 23.2 Å². The molecule has 1 rings (SSSR count). The Morgan fingerprint density at radius 1 is 1.35 bits per heavy atom. The van der Waals surface area contributed by atoms with Crippen molar-refractivity contribution in [2.24, 2.45) is 5.73 Å². The van der Waals surface area contributed by atoms with E-state index in [0.717, 1.165) is 12.1 Å². The molecule has 7 nitrogen and oxygen atoms in total. The third kappa shape index (κ3) is 4.23. The standard InChI is InChI=1S/C12H14FN3O4/c13-6-1-2-8(14)7(5-6)11(18)16-9(12(19)20)3-4-10(15)17/h1-2,5,9H,3-4,14H2,(H2,15,17)(H,16,18)(H,19,20). The van der Waals surface area contributed by atoms with Crippen LogP contribution in [-0.2, 0) is 9.59 Å². The molecule has 0 heterocycles. The van der Waals surface area contributed by atoms with Crippen molar-refractivity contribution in [2.45, 2.75) is 18.9 Å². The summed E-state index contributed by atoms with van der Waals surface area (Å²) in [7, 11) is 0. The molecule has 8 heteroatoms. The quantitative estimate of drug-likeness (QED) is 0.539. The van der Waals surface area contributed by atoms with Crippen molar-refractivity contribution < 1.29 is 23.9 Å². The zero-order valence-corrected chi connectivity index (χ0v) is 10.4. The van der Waals surface area contributed by atoms with Gasteiger partial charge >= 0.3 is 5.97 Å². The lowest BCUT2D eigenvalue weighted by molar-refractivity contribution is -0.139. The Kier molecular flexibility index (Phi) is 5.01. The molecule has 0 aliphatic rings. The largest absolute Gasteiger partial charge is 0.480 e. The highest BCUT2D eigenvalue weighted by molar-refractivity contribution is 6.00. The van der Waals surface area contributed by atoms with Gasteiger partial charge in [-0.15, -0.1) is 0 Å². The fraction of sp³-hybridized carbons (Fsp3) is 0.250. The number of carboxylic acids is 1. The molecule has 0 fully saturated rings. The van der Waals surface area contributed by atoms with Crippen molar-refractivity contribution in [1.82, 2.24) is 5.32 Å². The van der Waals surface area contributed by atoms with Crippen molar-refractivity contribution in [3.05, 3.63) is 29.6 Å². The van der Waals surface area contributed by atoms with Crippen LogP contribution in [0.4, 0.5) is 10.1 Å². The highest BCUT2D eigenvalue weighted by Gasteiger charge is 2.22. The van der Waals surface area contributed by atoms with Crippen LogP contribution in [0.25, 0.3) is 0 Å². The van der Waals surface area contributed by atoms with E-state index in [9.17, 15) is 18.8 Å². The summed E-state index contributed by atoms with van der Waals surface area (Å²) in [5, 5.41) is 11.1. The number of nitrogens with two attached hydrogens (primary N) is 2. The van der Waals surface area contributed by atoms with E-state index in [1.54, 1.807) is 0 Å². The van der Waals surface area contributed by atoms with Crippen LogP contribution in [0.3, 0.4) is 0 Å². The number of hydrogen-bond donors (Lipinski definition) is 4. The summed E-state index contributed by atoms with van der Waals surface area (Å²) in [5.41, 5.74) is 10.3. The van der Waals surface area contributed by atoms with Crippen molar-refractivity contribution in [2.75, 3.05) is 5.73 Å². The lowest BCUT2D eigenvalue weighted by Crippen LogP contribution is -2.41. The maximum Gasteiger partial charge on any atom is 0.326 e. The number of carbonyl (C=O) groups is 3. The SMILES string of the molecule is NC(=O)CCC(NC(=O)c1cc(F)ccc1N)C(=O)O. The Morgan fingerprint density at radius 2 is 2.00 bits per heavy atom. The fourth-order valence-corrected chi connectivity index (χ4v) is 1.51. The Labute approximate surface area is 113 Å². The van der Waals surface area contributed by atoms with E-state index in [2.05, 4.69) is 5.32 Å². The van der Waals surface area contributed by atoms with Gasteiger partial charge in [0.05, 0.1) is 5.56 Å². The summed E-state index contributed by atoms with van der Waals surface area (Å²) < 4.78 is 13.0. The first-order valence-electron chi connectivity index (χ1n) is 5.68. The van der Waals surface area contributed by atoms with Crippen LogP contribution in [0, 0.1) is 5.82 Å². The Hall–Kier alpha value is -2.64. The summed E-state index contributed by atoms with van der Waals surface area (Å²) in [6, 6.07) is 1.87. The highest BCUT2D eigenvalue weighted by Crippen LogP contribution is 2.13. The van der Waals surface area contributed by atoms with E-state index >= 15 is 0 Å². The molecule has 1 aromatic rings. The first-order valence-corrected chi connectivity index (χ1v) is 5.68. The number of amides is 2. The van der Waals surface area contributed by atoms with Crippen LogP contribution in [0.2, 0.25) is 0 Å². The van der Waals surface area contributed by atoms with Crippen LogP contribution in [0.5, 0.6) is 0 Å². The number of aliphatic carboxylic acids is 1. The van der Waals surface area contributed by atoms with E-state index in [1.807, 2.05) is 0 Å². The predicted molar refractivity (Wildman–Crippen MR) is 68.1 cm³/mol. The third-order valence-electron chi connectivity index (χ3n) is 2.54. The molecule has 0 saturated heterocycles. The molecule has 1 aromatic carbocycles. The normalized spacial score (nSPS) is 11.7. The molecule has 0 aliphatic heterocycles. The predicted octanol–water partition coefficient (Wildman–Crippen LogP) is -0.144. The third-order valence-corrected chi connectivity index (χ3v) is 2.54. The van der Waals surface area contributed by atoms with E-state index in [0.29, 0.717) is 0 Å². The number of rotatable bonds is 6. The summed E-state index contributed by atoms with van der Waals surface area (Å²) in [6.07, 6.45) is -0.360. The van der Waals surface area contributed by atoms with E-state index in [1.165, 1.54) is 6.07 Å². The number of nitrogen functional groups attached to an aromatic ring is 1. The molecule has 0 spiro atoms. The Balaban J connectivity index is 2.82. The molecular weight excluding hydrogens is 269 g/mol. The molecule has 2 amide bonds. The Morgan fingerprint density at radius 3 is 2.55 bits per heavy atom. The van der Waals surface area contributed by atoms with E-state index in [-0.39, 0.29) is 24.1 Å². The molecule has 6 N–H and O–H groups in total. The first-order chi connectivity index (χ1) is 9.31. The van der Waals surface area contributed by atoms with Gasteiger partial charge in [0, 0.05) is 12.1 Å². The molecule has 20 heavy (non-hydrogen) atoms. The average Bonchev–Trinajstić information content (AvgIpc) is 2.36. The van der Waals surface area contributed by atoms with Gasteiger partial charge in [-0.3, -0.25) is 9.59 Å². The second kappa shape index (κ2) is 6.50. The zero-order chi connectivity index (χ0) is 15.3. The number of primary amides is 1. The van der Waals surface area contributed by atoms with Gasteiger partial charge < -0.3 is 21.9 Å². The molecule has 0 bridgehead atoms. The van der Waals surface area contributed by atoms with Crippen LogP contribution < -0.4 is 16.8 Å². The molecule has 0 aliphatic carbocycles. The molecule has 0 saturated carbocycles. The minimum atomic E-state index is -1.32. The van der Waals surface area contributed by atoms with Crippen LogP contribution in [-0.4, -0.2) is 28.9 Å².